The molecule has 0 aromatic heterocycles. The fourth-order valence-corrected chi connectivity index (χ4v) is 2.95. The normalized spacial score (nSPS) is 28.9. The minimum atomic E-state index is -0.818. The molecule has 3 atom stereocenters. The Morgan fingerprint density at radius 2 is 2.25 bits per heavy atom. The van der Waals surface area contributed by atoms with Gasteiger partial charge < -0.3 is 5.11 Å². The van der Waals surface area contributed by atoms with E-state index in [1.807, 2.05) is 24.1 Å². The van der Waals surface area contributed by atoms with Crippen molar-refractivity contribution in [3.8, 4) is 0 Å². The van der Waals surface area contributed by atoms with E-state index in [0.717, 1.165) is 38.8 Å². The summed E-state index contributed by atoms with van der Waals surface area (Å²) in [6.07, 6.45) is 8.34. The lowest BCUT2D eigenvalue weighted by atomic mass is 9.83. The van der Waals surface area contributed by atoms with Crippen LogP contribution in [0.5, 0.6) is 0 Å². The third kappa shape index (κ3) is 3.78. The monoisotopic (exact) mass is 280 g/mol. The summed E-state index contributed by atoms with van der Waals surface area (Å²) in [6.45, 7) is 7.56. The summed E-state index contributed by atoms with van der Waals surface area (Å²) in [5.74, 6) is -0.111. The summed E-state index contributed by atoms with van der Waals surface area (Å²) in [5, 5.41) is 12.2. The van der Waals surface area contributed by atoms with E-state index >= 15 is 0 Å². The molecule has 3 nitrogen and oxygen atoms in total. The Labute approximate surface area is 120 Å². The van der Waals surface area contributed by atoms with E-state index in [1.54, 1.807) is 0 Å². The molecular formula is C16H25FN2O. The number of aliphatic hydroxyl groups is 1. The molecule has 2 N–H and O–H groups in total. The summed E-state index contributed by atoms with van der Waals surface area (Å²) in [6, 6.07) is 0. The maximum absolute atomic E-state index is 14.2. The Morgan fingerprint density at radius 1 is 1.55 bits per heavy atom. The molecule has 4 heteroatoms. The summed E-state index contributed by atoms with van der Waals surface area (Å²) >= 11 is 0. The van der Waals surface area contributed by atoms with Crippen molar-refractivity contribution in [2.24, 2.45) is 11.8 Å². The summed E-state index contributed by atoms with van der Waals surface area (Å²) in [5.41, 5.74) is 3.68. The van der Waals surface area contributed by atoms with Gasteiger partial charge in [0.1, 0.15) is 12.1 Å². The number of nitrogens with zero attached hydrogens (tertiary/aromatic N) is 1. The maximum atomic E-state index is 14.2. The molecule has 1 aliphatic carbocycles. The predicted octanol–water partition coefficient (Wildman–Crippen LogP) is 2.92. The second-order valence-corrected chi connectivity index (χ2v) is 5.75. The molecule has 0 saturated carbocycles. The third-order valence-corrected chi connectivity index (χ3v) is 4.16. The molecule has 2 aliphatic rings. The predicted molar refractivity (Wildman–Crippen MR) is 79.3 cm³/mol. The minimum absolute atomic E-state index is 0.0873. The first-order valence-corrected chi connectivity index (χ1v) is 7.50. The largest absolute Gasteiger partial charge is 0.373 e. The van der Waals surface area contributed by atoms with Crippen molar-refractivity contribution < 1.29 is 9.50 Å². The van der Waals surface area contributed by atoms with Crippen LogP contribution in [0.25, 0.3) is 0 Å². The fraction of sp³-hybridized carbons (Fsp3) is 0.625. The molecule has 1 saturated heterocycles. The topological polar surface area (TPSA) is 35.5 Å². The van der Waals surface area contributed by atoms with Crippen LogP contribution in [-0.2, 0) is 0 Å². The van der Waals surface area contributed by atoms with Gasteiger partial charge in [-0.1, -0.05) is 19.1 Å². The Hall–Kier alpha value is -0.970. The first-order chi connectivity index (χ1) is 9.61. The van der Waals surface area contributed by atoms with E-state index < -0.39 is 6.23 Å². The van der Waals surface area contributed by atoms with E-state index in [0.29, 0.717) is 5.57 Å². The van der Waals surface area contributed by atoms with Crippen molar-refractivity contribution in [1.29, 1.82) is 0 Å². The fourth-order valence-electron chi connectivity index (χ4n) is 2.95. The van der Waals surface area contributed by atoms with Crippen LogP contribution in [0.3, 0.4) is 0 Å². The first kappa shape index (κ1) is 15.4. The van der Waals surface area contributed by atoms with Crippen LogP contribution in [0.1, 0.15) is 32.6 Å². The zero-order chi connectivity index (χ0) is 14.5. The van der Waals surface area contributed by atoms with Crippen LogP contribution in [0.15, 0.2) is 36.2 Å². The Bertz CT molecular complexity index is 399. The SMILES string of the molecule is C=CCCC1C(F)=CC(C(O)NN2CCCC2)=CC1C. The van der Waals surface area contributed by atoms with Gasteiger partial charge in [0.05, 0.1) is 0 Å². The zero-order valence-corrected chi connectivity index (χ0v) is 12.2. The molecule has 3 unspecified atom stereocenters. The highest BCUT2D eigenvalue weighted by Crippen LogP contribution is 2.34. The van der Waals surface area contributed by atoms with Crippen LogP contribution in [0, 0.1) is 11.8 Å². The number of hydrazine groups is 1. The molecule has 0 aromatic carbocycles. The van der Waals surface area contributed by atoms with Gasteiger partial charge in [0.2, 0.25) is 0 Å². The number of halogens is 1. The molecule has 0 aromatic rings. The van der Waals surface area contributed by atoms with E-state index in [4.69, 9.17) is 0 Å². The lowest BCUT2D eigenvalue weighted by molar-refractivity contribution is 0.0748. The van der Waals surface area contributed by atoms with Gasteiger partial charge in [-0.25, -0.2) is 14.8 Å². The van der Waals surface area contributed by atoms with Crippen LogP contribution < -0.4 is 5.43 Å². The average Bonchev–Trinajstić information content (AvgIpc) is 2.90. The Balaban J connectivity index is 1.96. The van der Waals surface area contributed by atoms with E-state index in [-0.39, 0.29) is 17.7 Å². The van der Waals surface area contributed by atoms with E-state index in [1.165, 1.54) is 6.08 Å². The van der Waals surface area contributed by atoms with Crippen molar-refractivity contribution in [3.05, 3.63) is 36.2 Å². The van der Waals surface area contributed by atoms with Gasteiger partial charge in [-0.2, -0.15) is 0 Å². The van der Waals surface area contributed by atoms with Crippen molar-refractivity contribution in [2.45, 2.75) is 38.8 Å². The smallest absolute Gasteiger partial charge is 0.143 e. The van der Waals surface area contributed by atoms with Crippen molar-refractivity contribution in [1.82, 2.24) is 10.4 Å². The molecular weight excluding hydrogens is 255 g/mol. The summed E-state index contributed by atoms with van der Waals surface area (Å²) < 4.78 is 14.2. The highest BCUT2D eigenvalue weighted by atomic mass is 19.1. The van der Waals surface area contributed by atoms with Gasteiger partial charge in [0, 0.05) is 19.0 Å². The average molecular weight is 280 g/mol. The van der Waals surface area contributed by atoms with Crippen molar-refractivity contribution in [2.75, 3.05) is 13.1 Å². The highest BCUT2D eigenvalue weighted by molar-refractivity contribution is 5.31. The third-order valence-electron chi connectivity index (χ3n) is 4.16. The molecule has 0 bridgehead atoms. The molecule has 0 amide bonds. The lowest BCUT2D eigenvalue weighted by Gasteiger charge is -2.28. The van der Waals surface area contributed by atoms with Gasteiger partial charge >= 0.3 is 0 Å². The first-order valence-electron chi connectivity index (χ1n) is 7.50. The van der Waals surface area contributed by atoms with Crippen molar-refractivity contribution in [3.63, 3.8) is 0 Å². The van der Waals surface area contributed by atoms with Gasteiger partial charge in [0.25, 0.3) is 0 Å². The minimum Gasteiger partial charge on any atom is -0.373 e. The van der Waals surface area contributed by atoms with Gasteiger partial charge in [-0.15, -0.1) is 6.58 Å². The molecule has 0 spiro atoms. The van der Waals surface area contributed by atoms with Crippen LogP contribution >= 0.6 is 0 Å². The lowest BCUT2D eigenvalue weighted by Crippen LogP contribution is -2.44. The Morgan fingerprint density at radius 3 is 2.85 bits per heavy atom. The number of allylic oxidation sites excluding steroid dienone is 3. The number of rotatable bonds is 6. The number of nitrogens with one attached hydrogen (secondary N) is 1. The zero-order valence-electron chi connectivity index (χ0n) is 12.2. The van der Waals surface area contributed by atoms with Crippen molar-refractivity contribution >= 4 is 0 Å². The van der Waals surface area contributed by atoms with E-state index in [2.05, 4.69) is 12.0 Å². The van der Waals surface area contributed by atoms with Crippen LogP contribution in [-0.4, -0.2) is 29.4 Å². The molecule has 20 heavy (non-hydrogen) atoms. The van der Waals surface area contributed by atoms with E-state index in [9.17, 15) is 9.50 Å². The van der Waals surface area contributed by atoms with Crippen LogP contribution in [0.4, 0.5) is 4.39 Å². The van der Waals surface area contributed by atoms with Gasteiger partial charge in [-0.05, 0) is 43.3 Å². The summed E-state index contributed by atoms with van der Waals surface area (Å²) in [7, 11) is 0. The molecule has 0 radical (unpaired) electrons. The Kier molecular flexibility index (Phi) is 5.52. The summed E-state index contributed by atoms with van der Waals surface area (Å²) in [4.78, 5) is 0. The maximum Gasteiger partial charge on any atom is 0.143 e. The molecule has 112 valence electrons. The molecule has 1 heterocycles. The second-order valence-electron chi connectivity index (χ2n) is 5.75. The standard InChI is InChI=1S/C16H25FN2O/c1-3-4-7-14-12(2)10-13(11-15(14)17)16(20)18-19-8-5-6-9-19/h3,10-12,14,16,18,20H,1,4-9H2,2H3. The van der Waals surface area contributed by atoms with Crippen LogP contribution in [0.2, 0.25) is 0 Å². The highest BCUT2D eigenvalue weighted by Gasteiger charge is 2.27. The number of aliphatic hydroxyl groups excluding tert-OH is 1. The van der Waals surface area contributed by atoms with Gasteiger partial charge in [-0.3, -0.25) is 0 Å². The quantitative estimate of drug-likeness (QED) is 0.580. The number of hydrogen-bond donors (Lipinski definition) is 2. The number of hydrogen-bond acceptors (Lipinski definition) is 3. The van der Waals surface area contributed by atoms with Gasteiger partial charge in [0.15, 0.2) is 0 Å². The molecule has 1 fully saturated rings. The molecule has 2 rings (SSSR count). The second kappa shape index (κ2) is 7.16. The molecule has 1 aliphatic heterocycles.